The molecule has 47 heavy (non-hydrogen) atoms. The van der Waals surface area contributed by atoms with Crippen molar-refractivity contribution in [2.45, 2.75) is 148 Å². The van der Waals surface area contributed by atoms with Crippen LogP contribution in [0.2, 0.25) is 0 Å². The van der Waals surface area contributed by atoms with Crippen molar-refractivity contribution in [2.75, 3.05) is 13.2 Å². The van der Waals surface area contributed by atoms with Crippen LogP contribution in [0.5, 0.6) is 0 Å². The van der Waals surface area contributed by atoms with Gasteiger partial charge in [-0.15, -0.1) is 0 Å². The van der Waals surface area contributed by atoms with E-state index >= 15 is 0 Å². The number of phosphoric ester groups is 1. The second-order valence-corrected chi connectivity index (χ2v) is 12.9. The van der Waals surface area contributed by atoms with Gasteiger partial charge in [0.25, 0.3) is 0 Å². The Balaban J connectivity index is 4.20. The molecule has 0 saturated heterocycles. The van der Waals surface area contributed by atoms with Gasteiger partial charge in [0.15, 0.2) is 6.10 Å². The van der Waals surface area contributed by atoms with Crippen LogP contribution in [0, 0.1) is 0 Å². The van der Waals surface area contributed by atoms with Crippen LogP contribution >= 0.6 is 7.82 Å². The molecule has 0 bridgehead atoms. The van der Waals surface area contributed by atoms with Crippen LogP contribution in [0.25, 0.3) is 0 Å². The topological polar surface area (TPSA) is 140 Å². The average Bonchev–Trinajstić information content (AvgIpc) is 3.03. The largest absolute Gasteiger partial charge is 0.469 e. The Kier molecular flexibility index (Phi) is 30.7. The lowest BCUT2D eigenvalue weighted by molar-refractivity contribution is -0.161. The van der Waals surface area contributed by atoms with Gasteiger partial charge in [0.05, 0.1) is 12.7 Å². The van der Waals surface area contributed by atoms with Crippen LogP contribution in [0.15, 0.2) is 60.8 Å². The van der Waals surface area contributed by atoms with Gasteiger partial charge in [-0.1, -0.05) is 139 Å². The van der Waals surface area contributed by atoms with E-state index < -0.39 is 38.6 Å². The summed E-state index contributed by atoms with van der Waals surface area (Å²) in [6, 6.07) is 0. The van der Waals surface area contributed by atoms with E-state index in [1.165, 1.54) is 44.9 Å². The normalized spacial score (nSPS) is 13.9. The first-order chi connectivity index (χ1) is 22.7. The lowest BCUT2D eigenvalue weighted by Crippen LogP contribution is -2.29. The van der Waals surface area contributed by atoms with Crippen molar-refractivity contribution in [1.29, 1.82) is 0 Å². The maximum Gasteiger partial charge on any atom is 0.469 e. The number of ether oxygens (including phenoxy) is 2. The van der Waals surface area contributed by atoms with Gasteiger partial charge in [-0.25, -0.2) is 4.57 Å². The highest BCUT2D eigenvalue weighted by atomic mass is 31.2. The van der Waals surface area contributed by atoms with E-state index in [0.29, 0.717) is 32.1 Å². The Morgan fingerprint density at radius 3 is 1.94 bits per heavy atom. The van der Waals surface area contributed by atoms with Crippen molar-refractivity contribution in [3.8, 4) is 0 Å². The van der Waals surface area contributed by atoms with Crippen molar-refractivity contribution in [1.82, 2.24) is 0 Å². The summed E-state index contributed by atoms with van der Waals surface area (Å²) in [6.45, 7) is 3.41. The average molecular weight is 683 g/mol. The maximum atomic E-state index is 12.3. The number of carbonyl (C=O) groups is 2. The van der Waals surface area contributed by atoms with Gasteiger partial charge >= 0.3 is 19.8 Å². The number of allylic oxidation sites excluding steroid dienone is 8. The molecule has 0 aromatic carbocycles. The molecule has 0 rings (SSSR count). The number of aliphatic hydroxyl groups is 1. The standard InChI is InChI=1S/C37H63O9P/c1-3-5-7-9-11-12-13-14-18-22-26-30-36(39)44-32-35(33-45-47(41,42)43)46-37(40)31-27-23-19-16-15-17-21-25-29-34(38)28-24-20-10-8-6-4-2/h6,8,16-17,19-21,24-25,29,34-35,38H,3-5,7,9-15,18,22-23,26-28,30-33H2,1-2H3,(H2,41,42,43)/b8-6-,19-16-,21-17-,24-20-,29-25+/t34?,35-/m1/s1. The fourth-order valence-corrected chi connectivity index (χ4v) is 4.85. The summed E-state index contributed by atoms with van der Waals surface area (Å²) >= 11 is 0. The van der Waals surface area contributed by atoms with E-state index in [1.807, 2.05) is 42.5 Å². The molecule has 0 saturated carbocycles. The molecule has 0 spiro atoms. The molecule has 0 aliphatic carbocycles. The van der Waals surface area contributed by atoms with Crippen molar-refractivity contribution in [3.05, 3.63) is 60.8 Å². The van der Waals surface area contributed by atoms with Crippen LogP contribution in [-0.2, 0) is 28.2 Å². The monoisotopic (exact) mass is 682 g/mol. The van der Waals surface area contributed by atoms with E-state index in [9.17, 15) is 19.3 Å². The first kappa shape index (κ1) is 44.7. The number of esters is 2. The number of unbranched alkanes of at least 4 members (excludes halogenated alkanes) is 11. The SMILES string of the molecule is CC/C=C\C/C=C\CC(O)/C=C/C=C\C/C=C\CCCC(=O)O[C@H](COC(=O)CCCCCCCCCCCCC)COP(=O)(O)O. The highest BCUT2D eigenvalue weighted by Gasteiger charge is 2.22. The summed E-state index contributed by atoms with van der Waals surface area (Å²) in [7, 11) is -4.78. The maximum absolute atomic E-state index is 12.3. The third-order valence-electron chi connectivity index (χ3n) is 7.13. The summed E-state index contributed by atoms with van der Waals surface area (Å²) in [5.41, 5.74) is 0. The van der Waals surface area contributed by atoms with Crippen LogP contribution < -0.4 is 0 Å². The molecule has 2 atom stereocenters. The smallest absolute Gasteiger partial charge is 0.462 e. The Labute approximate surface area is 284 Å². The van der Waals surface area contributed by atoms with Crippen LogP contribution in [0.1, 0.15) is 136 Å². The molecule has 0 aliphatic rings. The van der Waals surface area contributed by atoms with Gasteiger partial charge in [0.2, 0.25) is 0 Å². The first-order valence-electron chi connectivity index (χ1n) is 17.7. The molecule has 0 fully saturated rings. The zero-order valence-electron chi connectivity index (χ0n) is 29.0. The molecule has 0 radical (unpaired) electrons. The third kappa shape index (κ3) is 34.9. The summed E-state index contributed by atoms with van der Waals surface area (Å²) < 4.78 is 26.1. The minimum Gasteiger partial charge on any atom is -0.462 e. The first-order valence-corrected chi connectivity index (χ1v) is 19.2. The predicted octanol–water partition coefficient (Wildman–Crippen LogP) is 9.14. The Morgan fingerprint density at radius 2 is 1.28 bits per heavy atom. The van der Waals surface area contributed by atoms with Crippen LogP contribution in [-0.4, -0.2) is 52.3 Å². The van der Waals surface area contributed by atoms with E-state index in [2.05, 4.69) is 30.5 Å². The second kappa shape index (κ2) is 32.3. The molecule has 0 aliphatic heterocycles. The molecule has 0 aromatic heterocycles. The molecule has 0 amide bonds. The molecular weight excluding hydrogens is 619 g/mol. The Hall–Kier alpha value is -2.29. The molecule has 0 heterocycles. The summed E-state index contributed by atoms with van der Waals surface area (Å²) in [4.78, 5) is 42.5. The predicted molar refractivity (Wildman–Crippen MR) is 190 cm³/mol. The molecule has 1 unspecified atom stereocenters. The van der Waals surface area contributed by atoms with Gasteiger partial charge in [0.1, 0.15) is 6.61 Å². The number of rotatable bonds is 31. The second-order valence-electron chi connectivity index (χ2n) is 11.7. The summed E-state index contributed by atoms with van der Waals surface area (Å²) in [5, 5.41) is 9.95. The summed E-state index contributed by atoms with van der Waals surface area (Å²) in [5.74, 6) is -0.998. The van der Waals surface area contributed by atoms with Crippen molar-refractivity contribution >= 4 is 19.8 Å². The highest BCUT2D eigenvalue weighted by molar-refractivity contribution is 7.46. The quantitative estimate of drug-likeness (QED) is 0.0215. The van der Waals surface area contributed by atoms with Crippen molar-refractivity contribution < 1.29 is 43.0 Å². The van der Waals surface area contributed by atoms with Crippen molar-refractivity contribution in [2.24, 2.45) is 0 Å². The molecule has 0 aromatic rings. The van der Waals surface area contributed by atoms with E-state index in [1.54, 1.807) is 6.08 Å². The Bertz CT molecular complexity index is 965. The number of carbonyl (C=O) groups excluding carboxylic acids is 2. The zero-order valence-corrected chi connectivity index (χ0v) is 29.9. The number of phosphoric acid groups is 1. The van der Waals surface area contributed by atoms with Gasteiger partial charge in [-0.2, -0.15) is 0 Å². The lowest BCUT2D eigenvalue weighted by atomic mass is 10.1. The van der Waals surface area contributed by atoms with Crippen LogP contribution in [0.3, 0.4) is 0 Å². The molecule has 3 N–H and O–H groups in total. The molecule has 9 nitrogen and oxygen atoms in total. The molecular formula is C37H63O9P. The fourth-order valence-electron chi connectivity index (χ4n) is 4.49. The molecule has 10 heteroatoms. The van der Waals surface area contributed by atoms with E-state index in [-0.39, 0.29) is 19.4 Å². The number of hydrogen-bond donors (Lipinski definition) is 3. The minimum atomic E-state index is -4.78. The number of aliphatic hydroxyl groups excluding tert-OH is 1. The minimum absolute atomic E-state index is 0.100. The van der Waals surface area contributed by atoms with Crippen LogP contribution in [0.4, 0.5) is 0 Å². The van der Waals surface area contributed by atoms with E-state index in [4.69, 9.17) is 19.3 Å². The van der Waals surface area contributed by atoms with Crippen molar-refractivity contribution in [3.63, 3.8) is 0 Å². The van der Waals surface area contributed by atoms with Gasteiger partial charge in [-0.05, 0) is 44.9 Å². The Morgan fingerprint density at radius 1 is 0.681 bits per heavy atom. The van der Waals surface area contributed by atoms with Gasteiger partial charge in [-0.3, -0.25) is 14.1 Å². The lowest BCUT2D eigenvalue weighted by Gasteiger charge is -2.18. The van der Waals surface area contributed by atoms with Gasteiger partial charge < -0.3 is 24.4 Å². The zero-order chi connectivity index (χ0) is 34.9. The molecule has 270 valence electrons. The van der Waals surface area contributed by atoms with Gasteiger partial charge in [0, 0.05) is 12.8 Å². The fraction of sp³-hybridized carbons (Fsp3) is 0.676. The highest BCUT2D eigenvalue weighted by Crippen LogP contribution is 2.35. The van der Waals surface area contributed by atoms with E-state index in [0.717, 1.165) is 32.1 Å². The summed E-state index contributed by atoms with van der Waals surface area (Å²) in [6.07, 6.45) is 35.5. The third-order valence-corrected chi connectivity index (χ3v) is 7.62. The number of hydrogen-bond acceptors (Lipinski definition) is 7.